The molecule has 0 unspecified atom stereocenters. The summed E-state index contributed by atoms with van der Waals surface area (Å²) in [6.45, 7) is -0.548. The van der Waals surface area contributed by atoms with Gasteiger partial charge in [0.15, 0.2) is 5.78 Å². The highest BCUT2D eigenvalue weighted by molar-refractivity contribution is 6.02. The number of ether oxygens (including phenoxy) is 5. The molecule has 178 valence electrons. The van der Waals surface area contributed by atoms with Gasteiger partial charge in [-0.3, -0.25) is 4.79 Å². The zero-order chi connectivity index (χ0) is 23.7. The third-order valence-corrected chi connectivity index (χ3v) is 5.77. The van der Waals surface area contributed by atoms with Crippen LogP contribution in [0.2, 0.25) is 0 Å². The van der Waals surface area contributed by atoms with E-state index in [0.29, 0.717) is 28.6 Å². The van der Waals surface area contributed by atoms with Gasteiger partial charge in [0.1, 0.15) is 59.1 Å². The number of carbonyl (C=O) groups excluding carboxylic acids is 1. The van der Waals surface area contributed by atoms with Crippen molar-refractivity contribution in [2.75, 3.05) is 20.8 Å². The van der Waals surface area contributed by atoms with Crippen molar-refractivity contribution >= 4 is 5.78 Å². The van der Waals surface area contributed by atoms with Gasteiger partial charge in [0, 0.05) is 12.1 Å². The van der Waals surface area contributed by atoms with Gasteiger partial charge in [-0.05, 0) is 17.7 Å². The summed E-state index contributed by atoms with van der Waals surface area (Å²) in [6.07, 6.45) is -7.28. The maximum Gasteiger partial charge on any atom is 0.229 e. The van der Waals surface area contributed by atoms with Crippen molar-refractivity contribution in [3.05, 3.63) is 47.5 Å². The lowest BCUT2D eigenvalue weighted by atomic mass is 9.95. The van der Waals surface area contributed by atoms with E-state index in [4.69, 9.17) is 23.7 Å². The molecule has 1 fully saturated rings. The number of carbonyl (C=O) groups is 1. The molecular formula is C23H26O10. The Morgan fingerprint density at radius 3 is 2.33 bits per heavy atom. The number of methoxy groups -OCH3 is 2. The van der Waals surface area contributed by atoms with Crippen LogP contribution in [0.15, 0.2) is 36.4 Å². The molecule has 0 radical (unpaired) electrons. The van der Waals surface area contributed by atoms with E-state index in [1.165, 1.54) is 14.2 Å². The van der Waals surface area contributed by atoms with Crippen LogP contribution in [0.25, 0.3) is 0 Å². The quantitative estimate of drug-likeness (QED) is 0.481. The summed E-state index contributed by atoms with van der Waals surface area (Å²) >= 11 is 0. The van der Waals surface area contributed by atoms with Crippen molar-refractivity contribution < 1.29 is 48.9 Å². The highest BCUT2D eigenvalue weighted by Gasteiger charge is 2.44. The average molecular weight is 462 g/mol. The molecule has 2 aliphatic heterocycles. The Bertz CT molecular complexity index is 989. The Morgan fingerprint density at radius 1 is 0.970 bits per heavy atom. The molecule has 6 atom stereocenters. The average Bonchev–Trinajstić information content (AvgIpc) is 2.83. The van der Waals surface area contributed by atoms with Crippen molar-refractivity contribution in [3.8, 4) is 23.0 Å². The molecule has 4 rings (SSSR count). The zero-order valence-corrected chi connectivity index (χ0v) is 18.1. The summed E-state index contributed by atoms with van der Waals surface area (Å²) < 4.78 is 27.6. The van der Waals surface area contributed by atoms with Gasteiger partial charge in [-0.15, -0.1) is 0 Å². The standard InChI is InChI=1S/C23H26O10/c1-29-13-7-16(30-2)19-14(25)9-15(32-17(19)8-13)11-3-5-12(6-4-11)31-23-22(28)21(27)20(26)18(10-24)33-23/h3-8,15,18,20-24,26-28H,9-10H2,1-2H3/t15-,18-,20-,21+,22-,23-/m1/s1. The SMILES string of the molecule is COc1cc(OC)c2c(c1)O[C@@H](c1ccc(O[C@@H]3O[C@H](CO)[C@@H](O)[C@H](O)[C@H]3O)cc1)CC2=O. The molecule has 33 heavy (non-hydrogen) atoms. The van der Waals surface area contributed by atoms with Crippen molar-refractivity contribution in [1.29, 1.82) is 0 Å². The normalized spacial score (nSPS) is 29.1. The van der Waals surface area contributed by atoms with Gasteiger partial charge in [-0.25, -0.2) is 0 Å². The topological polar surface area (TPSA) is 144 Å². The molecule has 0 bridgehead atoms. The summed E-state index contributed by atoms with van der Waals surface area (Å²) in [5.41, 5.74) is 1.09. The monoisotopic (exact) mass is 462 g/mol. The number of fused-ring (bicyclic) bond motifs is 1. The van der Waals surface area contributed by atoms with Crippen LogP contribution < -0.4 is 18.9 Å². The molecule has 10 heteroatoms. The van der Waals surface area contributed by atoms with E-state index in [-0.39, 0.29) is 12.2 Å². The lowest BCUT2D eigenvalue weighted by Crippen LogP contribution is -2.60. The minimum atomic E-state index is -1.53. The molecule has 2 aromatic rings. The number of rotatable bonds is 6. The predicted molar refractivity (Wildman–Crippen MR) is 113 cm³/mol. The van der Waals surface area contributed by atoms with Crippen LogP contribution in [0, 0.1) is 0 Å². The van der Waals surface area contributed by atoms with Gasteiger partial charge in [-0.2, -0.15) is 0 Å². The van der Waals surface area contributed by atoms with Crippen LogP contribution in [0.5, 0.6) is 23.0 Å². The summed E-state index contributed by atoms with van der Waals surface area (Å²) in [7, 11) is 2.99. The number of Topliss-reactive ketones (excluding diaryl/α,β-unsaturated/α-hetero) is 1. The molecule has 2 aliphatic rings. The molecule has 0 saturated carbocycles. The zero-order valence-electron chi connectivity index (χ0n) is 18.1. The van der Waals surface area contributed by atoms with E-state index >= 15 is 0 Å². The van der Waals surface area contributed by atoms with Gasteiger partial charge < -0.3 is 44.1 Å². The lowest BCUT2D eigenvalue weighted by molar-refractivity contribution is -0.277. The Morgan fingerprint density at radius 2 is 1.70 bits per heavy atom. The Hall–Kier alpha value is -2.89. The van der Waals surface area contributed by atoms with E-state index in [1.807, 2.05) is 0 Å². The van der Waals surface area contributed by atoms with Crippen LogP contribution in [0.4, 0.5) is 0 Å². The van der Waals surface area contributed by atoms with E-state index < -0.39 is 43.4 Å². The van der Waals surface area contributed by atoms with Crippen molar-refractivity contribution in [1.82, 2.24) is 0 Å². The van der Waals surface area contributed by atoms with E-state index in [9.17, 15) is 25.2 Å². The number of hydrogen-bond donors (Lipinski definition) is 4. The molecule has 1 saturated heterocycles. The second-order valence-corrected chi connectivity index (χ2v) is 7.82. The molecule has 0 amide bonds. The second-order valence-electron chi connectivity index (χ2n) is 7.82. The number of aliphatic hydroxyl groups excluding tert-OH is 4. The molecule has 2 heterocycles. The lowest BCUT2D eigenvalue weighted by Gasteiger charge is -2.39. The van der Waals surface area contributed by atoms with Crippen molar-refractivity contribution in [2.24, 2.45) is 0 Å². The van der Waals surface area contributed by atoms with Gasteiger partial charge >= 0.3 is 0 Å². The first-order valence-electron chi connectivity index (χ1n) is 10.4. The number of benzene rings is 2. The van der Waals surface area contributed by atoms with Gasteiger partial charge in [-0.1, -0.05) is 12.1 Å². The van der Waals surface area contributed by atoms with E-state index in [2.05, 4.69) is 0 Å². The maximum absolute atomic E-state index is 12.8. The number of aliphatic hydroxyl groups is 4. The fraction of sp³-hybridized carbons (Fsp3) is 0.435. The minimum absolute atomic E-state index is 0.114. The minimum Gasteiger partial charge on any atom is -0.496 e. The molecule has 2 aromatic carbocycles. The number of hydrogen-bond acceptors (Lipinski definition) is 10. The summed E-state index contributed by atoms with van der Waals surface area (Å²) in [4.78, 5) is 12.8. The molecular weight excluding hydrogens is 436 g/mol. The first-order valence-corrected chi connectivity index (χ1v) is 10.4. The molecule has 0 aliphatic carbocycles. The van der Waals surface area contributed by atoms with Crippen LogP contribution in [0.1, 0.15) is 28.4 Å². The maximum atomic E-state index is 12.8. The van der Waals surface area contributed by atoms with Gasteiger partial charge in [0.05, 0.1) is 27.2 Å². The first kappa shape index (κ1) is 23.3. The fourth-order valence-electron chi connectivity index (χ4n) is 3.92. The van der Waals surface area contributed by atoms with Crippen molar-refractivity contribution in [2.45, 2.75) is 43.2 Å². The van der Waals surface area contributed by atoms with Crippen LogP contribution in [-0.2, 0) is 4.74 Å². The highest BCUT2D eigenvalue weighted by Crippen LogP contribution is 2.42. The summed E-state index contributed by atoms with van der Waals surface area (Å²) in [6, 6.07) is 9.89. The Kier molecular flexibility index (Phi) is 6.73. The Labute approximate surface area is 189 Å². The largest absolute Gasteiger partial charge is 0.496 e. The fourth-order valence-corrected chi connectivity index (χ4v) is 3.92. The predicted octanol–water partition coefficient (Wildman–Crippen LogP) is 0.589. The van der Waals surface area contributed by atoms with Crippen LogP contribution in [0.3, 0.4) is 0 Å². The van der Waals surface area contributed by atoms with Gasteiger partial charge in [0.2, 0.25) is 6.29 Å². The third-order valence-electron chi connectivity index (χ3n) is 5.77. The van der Waals surface area contributed by atoms with E-state index in [0.717, 1.165) is 5.56 Å². The number of ketones is 1. The van der Waals surface area contributed by atoms with Crippen LogP contribution >= 0.6 is 0 Å². The van der Waals surface area contributed by atoms with E-state index in [1.54, 1.807) is 36.4 Å². The first-order chi connectivity index (χ1) is 15.9. The molecule has 0 spiro atoms. The summed E-state index contributed by atoms with van der Waals surface area (Å²) in [5.74, 6) is 1.45. The molecule has 0 aromatic heterocycles. The Balaban J connectivity index is 1.50. The molecule has 10 nitrogen and oxygen atoms in total. The summed E-state index contributed by atoms with van der Waals surface area (Å²) in [5, 5.41) is 39.2. The smallest absolute Gasteiger partial charge is 0.229 e. The second kappa shape index (κ2) is 9.54. The van der Waals surface area contributed by atoms with Crippen molar-refractivity contribution in [3.63, 3.8) is 0 Å². The third kappa shape index (κ3) is 4.48. The van der Waals surface area contributed by atoms with Crippen LogP contribution in [-0.4, -0.2) is 77.7 Å². The highest BCUT2D eigenvalue weighted by atomic mass is 16.7. The molecule has 4 N–H and O–H groups in total. The van der Waals surface area contributed by atoms with Gasteiger partial charge in [0.25, 0.3) is 0 Å².